The first-order chi connectivity index (χ1) is 43.1. The van der Waals surface area contributed by atoms with Crippen LogP contribution in [0.25, 0.3) is 133 Å². The van der Waals surface area contributed by atoms with Crippen molar-refractivity contribution in [1.82, 2.24) is 9.13 Å². The molecule has 0 saturated carbocycles. The summed E-state index contributed by atoms with van der Waals surface area (Å²) in [6, 6.07) is 125. The van der Waals surface area contributed by atoms with Gasteiger partial charge in [0, 0.05) is 32.9 Å². The van der Waals surface area contributed by atoms with Gasteiger partial charge >= 0.3 is 0 Å². The average Bonchev–Trinajstić information content (AvgIpc) is 1.64. The highest BCUT2D eigenvalue weighted by atomic mass is 15.0. The maximum absolute atomic E-state index is 2.43. The maximum Gasteiger partial charge on any atom is 0.0713 e. The lowest BCUT2D eigenvalue weighted by Gasteiger charge is -2.34. The zero-order valence-corrected chi connectivity index (χ0v) is 47.7. The van der Waals surface area contributed by atoms with Crippen LogP contribution in [0, 0.1) is 0 Å². The molecule has 1 aliphatic carbocycles. The van der Waals surface area contributed by atoms with Crippen LogP contribution in [0.4, 0.5) is 0 Å². The summed E-state index contributed by atoms with van der Waals surface area (Å²) in [4.78, 5) is 0. The number of hydrogen-bond acceptors (Lipinski definition) is 0. The van der Waals surface area contributed by atoms with Crippen LogP contribution in [-0.2, 0) is 5.41 Å². The van der Waals surface area contributed by atoms with Gasteiger partial charge in [0.15, 0.2) is 0 Å². The zero-order valence-electron chi connectivity index (χ0n) is 47.7. The third-order valence-corrected chi connectivity index (χ3v) is 18.5. The fourth-order valence-electron chi connectivity index (χ4n) is 14.3. The lowest BCUT2D eigenvalue weighted by molar-refractivity contribution is 0.769. The summed E-state index contributed by atoms with van der Waals surface area (Å²) in [6.07, 6.45) is 0. The van der Waals surface area contributed by atoms with Gasteiger partial charge in [-0.2, -0.15) is 0 Å². The molecule has 0 radical (unpaired) electrons. The van der Waals surface area contributed by atoms with Crippen molar-refractivity contribution in [3.8, 4) is 89.3 Å². The molecule has 0 aliphatic heterocycles. The first kappa shape index (κ1) is 50.2. The molecule has 0 unspecified atom stereocenters. The second-order valence-electron chi connectivity index (χ2n) is 23.2. The molecule has 0 bridgehead atoms. The molecule has 1 aliphatic rings. The lowest BCUT2D eigenvalue weighted by Crippen LogP contribution is -2.28. The highest BCUT2D eigenvalue weighted by molar-refractivity contribution is 6.13. The molecule has 2 nitrogen and oxygen atoms in total. The van der Waals surface area contributed by atoms with Crippen LogP contribution in [0.5, 0.6) is 0 Å². The molecule has 0 fully saturated rings. The molecule has 17 rings (SSSR count). The predicted octanol–water partition coefficient (Wildman–Crippen LogP) is 22.2. The number of para-hydroxylation sites is 3. The maximum atomic E-state index is 2.43. The predicted molar refractivity (Wildman–Crippen MR) is 365 cm³/mol. The topological polar surface area (TPSA) is 9.86 Å². The Hall–Kier alpha value is -11.3. The largest absolute Gasteiger partial charge is 0.309 e. The summed E-state index contributed by atoms with van der Waals surface area (Å²) in [5.74, 6) is 0. The minimum absolute atomic E-state index is 0.517. The standard InChI is InChI=1S/C85H56N2/c1-3-17-57(18-4-1)64-19-15-20-65(53-64)63-41-47-69(48-42-63)85(79-29-11-7-25-73(79)74-26-8-12-30-80(74)85)70-22-16-21-66(54-70)62-39-37-59(38-40-62)58-33-35-60(36-34-58)61-43-49-72(50-44-61)87-82-32-14-10-28-76(82)78-56-68(46-52-84(78)87)67-45-51-83-77(55-67)75-27-9-13-31-81(75)86(83)71-23-5-2-6-24-71/h1-56H. The molecule has 0 saturated heterocycles. The van der Waals surface area contributed by atoms with E-state index >= 15 is 0 Å². The van der Waals surface area contributed by atoms with Crippen molar-refractivity contribution >= 4 is 43.6 Å². The normalized spacial score (nSPS) is 12.5. The van der Waals surface area contributed by atoms with E-state index in [4.69, 9.17) is 0 Å². The Kier molecular flexibility index (Phi) is 11.8. The van der Waals surface area contributed by atoms with Crippen LogP contribution < -0.4 is 0 Å². The van der Waals surface area contributed by atoms with Gasteiger partial charge in [0.2, 0.25) is 0 Å². The summed E-state index contributed by atoms with van der Waals surface area (Å²) in [5, 5.41) is 4.99. The van der Waals surface area contributed by atoms with Crippen LogP contribution in [0.15, 0.2) is 340 Å². The summed E-state index contributed by atoms with van der Waals surface area (Å²) in [6.45, 7) is 0. The molecule has 0 amide bonds. The third kappa shape index (κ3) is 8.25. The van der Waals surface area contributed by atoms with Gasteiger partial charge < -0.3 is 9.13 Å². The van der Waals surface area contributed by atoms with Gasteiger partial charge in [-0.05, 0) is 173 Å². The lowest BCUT2D eigenvalue weighted by atomic mass is 9.67. The Balaban J connectivity index is 0.649. The quantitative estimate of drug-likeness (QED) is 0.129. The van der Waals surface area contributed by atoms with Crippen LogP contribution >= 0.6 is 0 Å². The molecule has 406 valence electrons. The van der Waals surface area contributed by atoms with Crippen molar-refractivity contribution in [2.24, 2.45) is 0 Å². The molecule has 2 heteroatoms. The third-order valence-electron chi connectivity index (χ3n) is 18.5. The summed E-state index contributed by atoms with van der Waals surface area (Å²) in [5.41, 5.74) is 28.7. The van der Waals surface area contributed by atoms with E-state index in [2.05, 4.69) is 349 Å². The van der Waals surface area contributed by atoms with Crippen LogP contribution in [0.1, 0.15) is 22.3 Å². The average molecular weight is 1110 g/mol. The van der Waals surface area contributed by atoms with E-state index in [1.165, 1.54) is 149 Å². The zero-order chi connectivity index (χ0) is 57.4. The first-order valence-electron chi connectivity index (χ1n) is 30.1. The number of aromatic nitrogens is 2. The molecule has 0 spiro atoms. The number of hydrogen-bond donors (Lipinski definition) is 0. The molecule has 0 atom stereocenters. The highest BCUT2D eigenvalue weighted by Crippen LogP contribution is 2.56. The number of rotatable bonds is 10. The van der Waals surface area contributed by atoms with Crippen molar-refractivity contribution in [2.45, 2.75) is 5.41 Å². The van der Waals surface area contributed by atoms with Crippen molar-refractivity contribution in [3.05, 3.63) is 362 Å². The van der Waals surface area contributed by atoms with Crippen LogP contribution in [-0.4, -0.2) is 9.13 Å². The smallest absolute Gasteiger partial charge is 0.0713 e. The number of benzene rings is 14. The molecule has 0 N–H and O–H groups in total. The number of fused-ring (bicyclic) bond motifs is 9. The minimum Gasteiger partial charge on any atom is -0.309 e. The Morgan fingerprint density at radius 2 is 0.517 bits per heavy atom. The second kappa shape index (κ2) is 20.5. The first-order valence-corrected chi connectivity index (χ1v) is 30.1. The van der Waals surface area contributed by atoms with E-state index in [-0.39, 0.29) is 0 Å². The summed E-state index contributed by atoms with van der Waals surface area (Å²) in [7, 11) is 0. The SMILES string of the molecule is c1ccc(-c2cccc(-c3ccc(C4(c5cccc(-c6ccc(-c7ccc(-c8ccc(-n9c%10ccccc%10c%10cc(-c%11ccc%12c(c%11)c%11ccccc%11n%12-c%11ccccc%11)ccc%109)cc8)cc7)cc6)c5)c5ccccc5-c5ccccc54)cc3)c2)cc1. The number of nitrogens with zero attached hydrogens (tertiary/aromatic N) is 2. The van der Waals surface area contributed by atoms with E-state index in [0.717, 1.165) is 5.69 Å². The van der Waals surface area contributed by atoms with Crippen LogP contribution in [0.2, 0.25) is 0 Å². The molecular weight excluding hydrogens is 1050 g/mol. The van der Waals surface area contributed by atoms with Gasteiger partial charge in [-0.25, -0.2) is 0 Å². The van der Waals surface area contributed by atoms with Crippen molar-refractivity contribution in [1.29, 1.82) is 0 Å². The van der Waals surface area contributed by atoms with E-state index in [1.54, 1.807) is 0 Å². The Morgan fingerprint density at radius 3 is 1.03 bits per heavy atom. The molecule has 87 heavy (non-hydrogen) atoms. The summed E-state index contributed by atoms with van der Waals surface area (Å²) < 4.78 is 4.79. The van der Waals surface area contributed by atoms with Gasteiger partial charge in [0.1, 0.15) is 0 Å². The van der Waals surface area contributed by atoms with Crippen molar-refractivity contribution in [3.63, 3.8) is 0 Å². The van der Waals surface area contributed by atoms with Gasteiger partial charge in [-0.15, -0.1) is 0 Å². The van der Waals surface area contributed by atoms with Crippen LogP contribution in [0.3, 0.4) is 0 Å². The highest BCUT2D eigenvalue weighted by Gasteiger charge is 2.46. The Morgan fingerprint density at radius 1 is 0.184 bits per heavy atom. The van der Waals surface area contributed by atoms with E-state index < -0.39 is 5.41 Å². The molecular formula is C85H56N2. The van der Waals surface area contributed by atoms with E-state index in [0.29, 0.717) is 0 Å². The fourth-order valence-corrected chi connectivity index (χ4v) is 14.3. The van der Waals surface area contributed by atoms with Gasteiger partial charge in [0.05, 0.1) is 27.5 Å². The minimum atomic E-state index is -0.517. The molecule has 2 heterocycles. The van der Waals surface area contributed by atoms with E-state index in [9.17, 15) is 0 Å². The van der Waals surface area contributed by atoms with Crippen molar-refractivity contribution in [2.75, 3.05) is 0 Å². The molecule has 16 aromatic rings. The van der Waals surface area contributed by atoms with Gasteiger partial charge in [-0.3, -0.25) is 0 Å². The van der Waals surface area contributed by atoms with Gasteiger partial charge in [-0.1, -0.05) is 267 Å². The van der Waals surface area contributed by atoms with E-state index in [1.807, 2.05) is 0 Å². The fraction of sp³-hybridized carbons (Fsp3) is 0.0118. The Bertz CT molecular complexity index is 5230. The van der Waals surface area contributed by atoms with Crippen molar-refractivity contribution < 1.29 is 0 Å². The molecule has 14 aromatic carbocycles. The summed E-state index contributed by atoms with van der Waals surface area (Å²) >= 11 is 0. The monoisotopic (exact) mass is 1100 g/mol. The second-order valence-corrected chi connectivity index (χ2v) is 23.2. The molecule has 2 aromatic heterocycles. The van der Waals surface area contributed by atoms with Gasteiger partial charge in [0.25, 0.3) is 0 Å². The Labute approximate surface area is 506 Å².